The van der Waals surface area contributed by atoms with Gasteiger partial charge in [0.15, 0.2) is 0 Å². The number of carbonyl (C=O) groups is 3. The van der Waals surface area contributed by atoms with Crippen LogP contribution in [-0.4, -0.2) is 64.1 Å². The lowest BCUT2D eigenvalue weighted by Gasteiger charge is -2.15. The Balaban J connectivity index is 4.73. The van der Waals surface area contributed by atoms with E-state index in [1.807, 2.05) is 0 Å². The number of rotatable bonds is 8. The fraction of sp³-hybridized carbons (Fsp3) is 0.625. The summed E-state index contributed by atoms with van der Waals surface area (Å²) in [5, 5.41) is 1.67. The molecule has 3 amide bonds. The zero-order valence-corrected chi connectivity index (χ0v) is 13.9. The van der Waals surface area contributed by atoms with E-state index in [0.29, 0.717) is 6.26 Å². The number of ether oxygens (including phenoxy) is 1. The topological polar surface area (TPSA) is 182 Å². The molecule has 0 aromatic heterocycles. The van der Waals surface area contributed by atoms with E-state index in [0.717, 1.165) is 4.72 Å². The lowest BCUT2D eigenvalue weighted by Crippen LogP contribution is -2.38. The van der Waals surface area contributed by atoms with Crippen molar-refractivity contribution in [3.63, 3.8) is 0 Å². The van der Waals surface area contributed by atoms with Crippen LogP contribution in [-0.2, 0) is 38.9 Å². The molecule has 0 aliphatic heterocycles. The average Bonchev–Trinajstić information content (AvgIpc) is 2.31. The van der Waals surface area contributed by atoms with Crippen molar-refractivity contribution in [3.8, 4) is 0 Å². The van der Waals surface area contributed by atoms with Gasteiger partial charge in [0, 0.05) is 0 Å². The minimum atomic E-state index is -4.85. The van der Waals surface area contributed by atoms with Gasteiger partial charge in [-0.25, -0.2) is 9.52 Å². The molecule has 0 bridgehead atoms. The molecular weight excluding hydrogens is 384 g/mol. The van der Waals surface area contributed by atoms with Crippen molar-refractivity contribution in [2.24, 2.45) is 0 Å². The summed E-state index contributed by atoms with van der Waals surface area (Å²) in [6, 6.07) is 0. The first-order chi connectivity index (χ1) is 10.3. The summed E-state index contributed by atoms with van der Waals surface area (Å²) in [5.74, 6) is -2.74. The first-order valence-corrected chi connectivity index (χ1v) is 9.30. The van der Waals surface area contributed by atoms with E-state index >= 15 is 0 Å². The van der Waals surface area contributed by atoms with Crippen LogP contribution in [0.15, 0.2) is 0 Å². The van der Waals surface area contributed by atoms with Gasteiger partial charge in [0.25, 0.3) is 10.1 Å². The van der Waals surface area contributed by atoms with Crippen LogP contribution >= 0.6 is 11.6 Å². The predicted octanol–water partition coefficient (Wildman–Crippen LogP) is -1.87. The molecular formula is C8H13ClN2O10S2. The first kappa shape index (κ1) is 21.5. The third-order valence-corrected chi connectivity index (χ3v) is 3.08. The number of nitrogens with one attached hydrogen (secondary N) is 2. The van der Waals surface area contributed by atoms with Gasteiger partial charge in [0.2, 0.25) is 11.8 Å². The monoisotopic (exact) mass is 396 g/mol. The molecule has 0 saturated heterocycles. The maximum Gasteiger partial charge on any atom is 0.413 e. The van der Waals surface area contributed by atoms with Gasteiger partial charge < -0.3 is 4.74 Å². The van der Waals surface area contributed by atoms with Crippen LogP contribution in [0.25, 0.3) is 0 Å². The summed E-state index contributed by atoms with van der Waals surface area (Å²) < 4.78 is 61.4. The number of imide groups is 1. The van der Waals surface area contributed by atoms with Crippen LogP contribution in [0.4, 0.5) is 4.79 Å². The Bertz CT molecular complexity index is 658. The predicted molar refractivity (Wildman–Crippen MR) is 74.2 cm³/mol. The number of halogens is 1. The number of alkyl carbamates (subject to hydrolysis) is 1. The van der Waals surface area contributed by atoms with Gasteiger partial charge in [0.05, 0.1) is 12.7 Å². The highest BCUT2D eigenvalue weighted by molar-refractivity contribution is 7.86. The third kappa shape index (κ3) is 12.7. The number of hydrogen-bond acceptors (Lipinski definition) is 9. The largest absolute Gasteiger partial charge is 0.446 e. The summed E-state index contributed by atoms with van der Waals surface area (Å²) in [5.41, 5.74) is 0. The van der Waals surface area contributed by atoms with Crippen molar-refractivity contribution in [2.75, 3.05) is 18.7 Å². The Kier molecular flexibility index (Phi) is 8.39. The molecule has 0 heterocycles. The molecule has 0 radical (unpaired) electrons. The first-order valence-electron chi connectivity index (χ1n) is 5.51. The normalized spacial score (nSPS) is 13.0. The standard InChI is InChI=1S/C8H13ClN2O10S2/c1-22(15,16)21-5(2-6(12)11-23(17,18)19)4-20-8(14)10-7(13)3-9/h5H,2-4H2,1H3,(H,11,12)(H,10,13,14)(H,17,18,19)/t5-/m0/s1. The van der Waals surface area contributed by atoms with E-state index in [9.17, 15) is 31.2 Å². The summed E-state index contributed by atoms with van der Waals surface area (Å²) in [6.45, 7) is -0.812. The Morgan fingerprint density at radius 3 is 2.17 bits per heavy atom. The molecule has 0 spiro atoms. The molecule has 23 heavy (non-hydrogen) atoms. The summed E-state index contributed by atoms with van der Waals surface area (Å²) >= 11 is 5.12. The van der Waals surface area contributed by atoms with Gasteiger partial charge in [-0.15, -0.1) is 11.6 Å². The Morgan fingerprint density at radius 1 is 1.17 bits per heavy atom. The van der Waals surface area contributed by atoms with Crippen molar-refractivity contribution < 1.29 is 44.7 Å². The van der Waals surface area contributed by atoms with Crippen molar-refractivity contribution in [1.29, 1.82) is 0 Å². The highest BCUT2D eigenvalue weighted by atomic mass is 35.5. The van der Waals surface area contributed by atoms with Gasteiger partial charge in [-0.1, -0.05) is 0 Å². The molecule has 0 fully saturated rings. The lowest BCUT2D eigenvalue weighted by molar-refractivity contribution is -0.122. The molecule has 0 aliphatic rings. The molecule has 0 rings (SSSR count). The van der Waals surface area contributed by atoms with Crippen LogP contribution in [0.1, 0.15) is 6.42 Å². The summed E-state index contributed by atoms with van der Waals surface area (Å²) in [6.07, 6.45) is -3.13. The minimum absolute atomic E-state index is 0.533. The van der Waals surface area contributed by atoms with Gasteiger partial charge in [-0.05, 0) is 0 Å². The van der Waals surface area contributed by atoms with Gasteiger partial charge in [-0.2, -0.15) is 16.8 Å². The third-order valence-electron chi connectivity index (χ3n) is 1.73. The molecule has 15 heteroatoms. The summed E-state index contributed by atoms with van der Waals surface area (Å²) in [4.78, 5) is 33.2. The second-order valence-electron chi connectivity index (χ2n) is 3.91. The number of alkyl halides is 1. The molecule has 0 saturated carbocycles. The van der Waals surface area contributed by atoms with Crippen molar-refractivity contribution in [1.82, 2.24) is 10.0 Å². The Hall–Kier alpha value is -1.48. The maximum atomic E-state index is 11.3. The Morgan fingerprint density at radius 2 is 1.74 bits per heavy atom. The quantitative estimate of drug-likeness (QED) is 0.238. The molecule has 3 N–H and O–H groups in total. The number of hydrogen-bond donors (Lipinski definition) is 3. The fourth-order valence-electron chi connectivity index (χ4n) is 1.11. The SMILES string of the molecule is CS(=O)(=O)O[C@H](COC(=O)NC(=O)CCl)CC(=O)NS(=O)(=O)O. The molecule has 0 aliphatic carbocycles. The molecule has 0 unspecified atom stereocenters. The zero-order valence-electron chi connectivity index (χ0n) is 11.5. The van der Waals surface area contributed by atoms with Gasteiger partial charge >= 0.3 is 16.4 Å². The van der Waals surface area contributed by atoms with E-state index in [2.05, 4.69) is 8.92 Å². The second kappa shape index (κ2) is 8.97. The van der Waals surface area contributed by atoms with E-state index in [-0.39, 0.29) is 0 Å². The van der Waals surface area contributed by atoms with Gasteiger partial charge in [0.1, 0.15) is 18.6 Å². The number of carbonyl (C=O) groups excluding carboxylic acids is 3. The van der Waals surface area contributed by atoms with Crippen molar-refractivity contribution >= 4 is 49.9 Å². The summed E-state index contributed by atoms with van der Waals surface area (Å²) in [7, 11) is -8.93. The second-order valence-corrected chi connectivity index (χ2v) is 6.93. The highest BCUT2D eigenvalue weighted by Crippen LogP contribution is 2.05. The molecule has 0 aromatic carbocycles. The maximum absolute atomic E-state index is 11.3. The molecule has 1 atom stereocenters. The minimum Gasteiger partial charge on any atom is -0.446 e. The van der Waals surface area contributed by atoms with Crippen LogP contribution in [0, 0.1) is 0 Å². The smallest absolute Gasteiger partial charge is 0.413 e. The molecule has 12 nitrogen and oxygen atoms in total. The van der Waals surface area contributed by atoms with Crippen molar-refractivity contribution in [3.05, 3.63) is 0 Å². The highest BCUT2D eigenvalue weighted by Gasteiger charge is 2.23. The zero-order chi connectivity index (χ0) is 18.3. The fourth-order valence-corrected chi connectivity index (χ4v) is 2.17. The Labute approximate surface area is 136 Å². The average molecular weight is 397 g/mol. The molecule has 0 aromatic rings. The van der Waals surface area contributed by atoms with Crippen LogP contribution in [0.3, 0.4) is 0 Å². The molecule has 134 valence electrons. The lowest BCUT2D eigenvalue weighted by atomic mass is 10.2. The van der Waals surface area contributed by atoms with Crippen molar-refractivity contribution in [2.45, 2.75) is 12.5 Å². The van der Waals surface area contributed by atoms with E-state index in [1.165, 1.54) is 0 Å². The van der Waals surface area contributed by atoms with Crippen LogP contribution in [0.5, 0.6) is 0 Å². The van der Waals surface area contributed by atoms with E-state index in [1.54, 1.807) is 5.32 Å². The van der Waals surface area contributed by atoms with Crippen LogP contribution in [0.2, 0.25) is 0 Å². The van der Waals surface area contributed by atoms with E-state index in [4.69, 9.17) is 16.2 Å². The number of amides is 3. The van der Waals surface area contributed by atoms with Crippen LogP contribution < -0.4 is 10.0 Å². The van der Waals surface area contributed by atoms with E-state index < -0.39 is 63.3 Å². The van der Waals surface area contributed by atoms with Gasteiger partial charge in [-0.3, -0.25) is 23.6 Å².